The lowest BCUT2D eigenvalue weighted by molar-refractivity contribution is -0.130. The van der Waals surface area contributed by atoms with E-state index in [-0.39, 0.29) is 11.3 Å². The minimum atomic E-state index is 0.276. The van der Waals surface area contributed by atoms with E-state index in [0.29, 0.717) is 17.1 Å². The van der Waals surface area contributed by atoms with Gasteiger partial charge >= 0.3 is 0 Å². The monoisotopic (exact) mass is 276 g/mol. The summed E-state index contributed by atoms with van der Waals surface area (Å²) >= 11 is 0. The molecule has 0 spiro atoms. The summed E-state index contributed by atoms with van der Waals surface area (Å²) in [7, 11) is 0. The molecule has 2 bridgehead atoms. The average molecular weight is 276 g/mol. The smallest absolute Gasteiger partial charge is 0.139 e. The summed E-state index contributed by atoms with van der Waals surface area (Å²) in [5.74, 6) is 3.03. The molecule has 0 aromatic heterocycles. The number of fused-ring (bicyclic) bond motifs is 2. The van der Waals surface area contributed by atoms with Crippen molar-refractivity contribution in [3.05, 3.63) is 0 Å². The summed E-state index contributed by atoms with van der Waals surface area (Å²) in [6.07, 6.45) is 10.9. The van der Waals surface area contributed by atoms with Gasteiger partial charge in [0, 0.05) is 11.8 Å². The van der Waals surface area contributed by atoms with Crippen molar-refractivity contribution in [3.8, 4) is 0 Å². The van der Waals surface area contributed by atoms with Crippen LogP contribution in [0.1, 0.15) is 79.1 Å². The van der Waals surface area contributed by atoms with Crippen molar-refractivity contribution in [1.82, 2.24) is 0 Å². The van der Waals surface area contributed by atoms with Crippen LogP contribution in [0.15, 0.2) is 0 Å². The standard InChI is InChI=1S/C19H32O/c1-13(17(20)16-12-18(16,2)3)19(4)10-14-7-5-6-8-15(9-14)11-19/h13-16H,5-12H2,1-4H3. The van der Waals surface area contributed by atoms with E-state index in [1.54, 1.807) is 0 Å². The maximum atomic E-state index is 12.8. The highest BCUT2D eigenvalue weighted by Crippen LogP contribution is 2.57. The third-order valence-electron chi connectivity index (χ3n) is 6.98. The maximum absolute atomic E-state index is 12.8. The molecule has 3 aliphatic rings. The Kier molecular flexibility index (Phi) is 3.54. The van der Waals surface area contributed by atoms with Crippen molar-refractivity contribution in [2.75, 3.05) is 0 Å². The first kappa shape index (κ1) is 14.6. The van der Waals surface area contributed by atoms with Gasteiger partial charge in [-0.1, -0.05) is 53.4 Å². The Bertz CT molecular complexity index is 381. The van der Waals surface area contributed by atoms with Crippen LogP contribution in [0.3, 0.4) is 0 Å². The topological polar surface area (TPSA) is 17.1 Å². The predicted molar refractivity (Wildman–Crippen MR) is 83.5 cm³/mol. The molecule has 3 rings (SSSR count). The first-order valence-corrected chi connectivity index (χ1v) is 8.85. The molecule has 0 heterocycles. The highest BCUT2D eigenvalue weighted by molar-refractivity contribution is 5.87. The highest BCUT2D eigenvalue weighted by atomic mass is 16.1. The highest BCUT2D eigenvalue weighted by Gasteiger charge is 2.54. The van der Waals surface area contributed by atoms with Crippen molar-refractivity contribution >= 4 is 5.78 Å². The van der Waals surface area contributed by atoms with E-state index < -0.39 is 0 Å². The van der Waals surface area contributed by atoms with Gasteiger partial charge in [-0.25, -0.2) is 0 Å². The Morgan fingerprint density at radius 2 is 1.50 bits per heavy atom. The Balaban J connectivity index is 1.72. The number of ketones is 1. The predicted octanol–water partition coefficient (Wildman–Crippen LogP) is 5.23. The summed E-state index contributed by atoms with van der Waals surface area (Å²) in [6, 6.07) is 0. The lowest BCUT2D eigenvalue weighted by Crippen LogP contribution is -2.39. The lowest BCUT2D eigenvalue weighted by atomic mass is 9.59. The third kappa shape index (κ3) is 2.57. The average Bonchev–Trinajstić information content (AvgIpc) is 3.05. The zero-order valence-corrected chi connectivity index (χ0v) is 13.9. The van der Waals surface area contributed by atoms with Crippen molar-refractivity contribution < 1.29 is 4.79 Å². The van der Waals surface area contributed by atoms with Crippen LogP contribution in [0.2, 0.25) is 0 Å². The van der Waals surface area contributed by atoms with Gasteiger partial charge in [-0.15, -0.1) is 0 Å². The Labute approximate surface area is 124 Å². The number of carbonyl (C=O) groups is 1. The van der Waals surface area contributed by atoms with E-state index >= 15 is 0 Å². The van der Waals surface area contributed by atoms with Crippen molar-refractivity contribution in [3.63, 3.8) is 0 Å². The van der Waals surface area contributed by atoms with Crippen LogP contribution >= 0.6 is 0 Å². The normalized spacial score (nSPS) is 44.5. The first-order valence-electron chi connectivity index (χ1n) is 8.85. The molecule has 0 aliphatic heterocycles. The van der Waals surface area contributed by atoms with Gasteiger partial charge in [0.2, 0.25) is 0 Å². The second-order valence-electron chi connectivity index (χ2n) is 9.18. The largest absolute Gasteiger partial charge is 0.299 e. The van der Waals surface area contributed by atoms with Crippen molar-refractivity contribution in [2.45, 2.75) is 79.1 Å². The first-order chi connectivity index (χ1) is 9.32. The summed E-state index contributed by atoms with van der Waals surface area (Å²) in [5.41, 5.74) is 0.580. The van der Waals surface area contributed by atoms with Crippen LogP contribution < -0.4 is 0 Å². The molecule has 3 saturated carbocycles. The van der Waals surface area contributed by atoms with Crippen LogP contribution in [0.4, 0.5) is 0 Å². The Morgan fingerprint density at radius 1 is 1.00 bits per heavy atom. The summed E-state index contributed by atoms with van der Waals surface area (Å²) < 4.78 is 0. The minimum absolute atomic E-state index is 0.276. The van der Waals surface area contributed by atoms with Crippen LogP contribution in [-0.2, 0) is 4.79 Å². The molecule has 4 unspecified atom stereocenters. The number of carbonyl (C=O) groups excluding carboxylic acids is 1. The van der Waals surface area contributed by atoms with Gasteiger partial charge in [-0.2, -0.15) is 0 Å². The molecule has 0 aromatic rings. The minimum Gasteiger partial charge on any atom is -0.299 e. The quantitative estimate of drug-likeness (QED) is 0.689. The zero-order chi connectivity index (χ0) is 14.5. The molecule has 4 atom stereocenters. The summed E-state index contributed by atoms with van der Waals surface area (Å²) in [4.78, 5) is 12.8. The van der Waals surface area contributed by atoms with E-state index in [4.69, 9.17) is 0 Å². The number of rotatable bonds is 3. The maximum Gasteiger partial charge on any atom is 0.139 e. The van der Waals surface area contributed by atoms with Crippen molar-refractivity contribution in [2.24, 2.45) is 34.5 Å². The van der Waals surface area contributed by atoms with Gasteiger partial charge in [0.1, 0.15) is 5.78 Å². The van der Waals surface area contributed by atoms with E-state index in [2.05, 4.69) is 27.7 Å². The van der Waals surface area contributed by atoms with Gasteiger partial charge < -0.3 is 0 Å². The second kappa shape index (κ2) is 4.85. The van der Waals surface area contributed by atoms with Crippen LogP contribution in [0.5, 0.6) is 0 Å². The molecule has 114 valence electrons. The van der Waals surface area contributed by atoms with Gasteiger partial charge in [-0.05, 0) is 48.3 Å². The number of hydrogen-bond acceptors (Lipinski definition) is 1. The van der Waals surface area contributed by atoms with Crippen LogP contribution in [0, 0.1) is 34.5 Å². The molecule has 20 heavy (non-hydrogen) atoms. The molecule has 0 aromatic carbocycles. The van der Waals surface area contributed by atoms with Gasteiger partial charge in [0.25, 0.3) is 0 Å². The third-order valence-corrected chi connectivity index (χ3v) is 6.98. The number of Topliss-reactive ketones (excluding diaryl/α,β-unsaturated/α-hetero) is 1. The fraction of sp³-hybridized carbons (Fsp3) is 0.947. The van der Waals surface area contributed by atoms with Crippen molar-refractivity contribution in [1.29, 1.82) is 0 Å². The van der Waals surface area contributed by atoms with Crippen LogP contribution in [0.25, 0.3) is 0 Å². The van der Waals surface area contributed by atoms with E-state index in [0.717, 1.165) is 18.3 Å². The van der Waals surface area contributed by atoms with E-state index in [9.17, 15) is 4.79 Å². The molecule has 3 fully saturated rings. The fourth-order valence-corrected chi connectivity index (χ4v) is 5.30. The van der Waals surface area contributed by atoms with Gasteiger partial charge in [-0.3, -0.25) is 4.79 Å². The molecular formula is C19H32O. The summed E-state index contributed by atoms with van der Waals surface area (Å²) in [6.45, 7) is 9.18. The molecule has 0 N–H and O–H groups in total. The van der Waals surface area contributed by atoms with Gasteiger partial charge in [0.05, 0.1) is 0 Å². The Hall–Kier alpha value is -0.330. The summed E-state index contributed by atoms with van der Waals surface area (Å²) in [5, 5.41) is 0. The SMILES string of the molecule is CC(C(=O)C1CC1(C)C)C1(C)CC2CCCCC(C2)C1. The molecule has 3 aliphatic carbocycles. The van der Waals surface area contributed by atoms with Crippen LogP contribution in [-0.4, -0.2) is 5.78 Å². The molecule has 0 saturated heterocycles. The van der Waals surface area contributed by atoms with E-state index in [1.807, 2.05) is 0 Å². The molecule has 0 amide bonds. The fourth-order valence-electron chi connectivity index (χ4n) is 5.30. The number of hydrogen-bond donors (Lipinski definition) is 0. The molecular weight excluding hydrogens is 244 g/mol. The second-order valence-corrected chi connectivity index (χ2v) is 9.18. The molecule has 1 heteroatoms. The molecule has 1 nitrogen and oxygen atoms in total. The Morgan fingerprint density at radius 3 is 1.95 bits per heavy atom. The van der Waals surface area contributed by atoms with E-state index in [1.165, 1.54) is 44.9 Å². The van der Waals surface area contributed by atoms with Gasteiger partial charge in [0.15, 0.2) is 0 Å². The molecule has 0 radical (unpaired) electrons. The lowest BCUT2D eigenvalue weighted by Gasteiger charge is -2.45. The zero-order valence-electron chi connectivity index (χ0n) is 13.9.